The van der Waals surface area contributed by atoms with Gasteiger partial charge in [-0.15, -0.1) is 0 Å². The predicted octanol–water partition coefficient (Wildman–Crippen LogP) is 5.18. The lowest BCUT2D eigenvalue weighted by molar-refractivity contribution is -0.136. The van der Waals surface area contributed by atoms with Gasteiger partial charge >= 0.3 is 5.97 Å². The van der Waals surface area contributed by atoms with Crippen LogP contribution in [0.25, 0.3) is 0 Å². The minimum Gasteiger partial charge on any atom is -0.516 e. The van der Waals surface area contributed by atoms with Crippen molar-refractivity contribution >= 4 is 5.97 Å². The molecule has 0 aromatic rings. The lowest BCUT2D eigenvalue weighted by atomic mass is 9.49. The van der Waals surface area contributed by atoms with Gasteiger partial charge in [-0.1, -0.05) is 43.7 Å². The van der Waals surface area contributed by atoms with Gasteiger partial charge in [-0.3, -0.25) is 4.79 Å². The fourth-order valence-electron chi connectivity index (χ4n) is 6.43. The summed E-state index contributed by atoms with van der Waals surface area (Å²) < 4.78 is 0. The normalized spacial score (nSPS) is 43.8. The Hall–Kier alpha value is -1.77. The van der Waals surface area contributed by atoms with Gasteiger partial charge in [0, 0.05) is 5.41 Å². The molecule has 4 aliphatic rings. The summed E-state index contributed by atoms with van der Waals surface area (Å²) in [5.74, 6) is 0.890. The first kappa shape index (κ1) is 16.7. The Morgan fingerprint density at radius 2 is 2.12 bits per heavy atom. The number of carbonyl (C=O) groups is 1. The molecule has 0 aliphatic heterocycles. The number of fused-ring (bicyclic) bond motifs is 5. The fourth-order valence-corrected chi connectivity index (χ4v) is 6.43. The zero-order valence-corrected chi connectivity index (χ0v) is 15.2. The van der Waals surface area contributed by atoms with E-state index in [-0.39, 0.29) is 17.3 Å². The van der Waals surface area contributed by atoms with Gasteiger partial charge in [0.1, 0.15) is 0 Å². The van der Waals surface area contributed by atoms with Crippen molar-refractivity contribution in [1.82, 2.24) is 0 Å². The number of allylic oxidation sites excluding steroid dienone is 6. The van der Waals surface area contributed by atoms with Crippen LogP contribution >= 0.6 is 0 Å². The molecule has 3 heteroatoms. The van der Waals surface area contributed by atoms with Crippen molar-refractivity contribution in [2.45, 2.75) is 52.4 Å². The second kappa shape index (κ2) is 5.62. The van der Waals surface area contributed by atoms with E-state index in [1.54, 1.807) is 0 Å². The molecule has 2 N–H and O–H groups in total. The first-order valence-corrected chi connectivity index (χ1v) is 9.54. The van der Waals surface area contributed by atoms with Crippen molar-refractivity contribution in [2.75, 3.05) is 0 Å². The minimum atomic E-state index is -0.736. The third-order valence-corrected chi connectivity index (χ3v) is 7.75. The van der Waals surface area contributed by atoms with Crippen LogP contribution in [0.15, 0.2) is 47.3 Å². The third-order valence-electron chi connectivity index (χ3n) is 7.75. The molecule has 5 atom stereocenters. The fraction of sp³-hybridized carbons (Fsp3) is 0.591. The highest BCUT2D eigenvalue weighted by atomic mass is 16.4. The Morgan fingerprint density at radius 1 is 1.32 bits per heavy atom. The lowest BCUT2D eigenvalue weighted by Gasteiger charge is -2.54. The molecule has 0 aromatic carbocycles. The van der Waals surface area contributed by atoms with E-state index in [1.807, 2.05) is 0 Å². The summed E-state index contributed by atoms with van der Waals surface area (Å²) in [5.41, 5.74) is 3.62. The van der Waals surface area contributed by atoms with Crippen LogP contribution in [0, 0.1) is 28.6 Å². The maximum Gasteiger partial charge on any atom is 0.307 e. The molecule has 4 rings (SSSR count). The maximum atomic E-state index is 11.3. The van der Waals surface area contributed by atoms with Gasteiger partial charge in [-0.05, 0) is 66.4 Å². The molecule has 3 nitrogen and oxygen atoms in total. The van der Waals surface area contributed by atoms with Gasteiger partial charge in [0.05, 0.1) is 12.7 Å². The van der Waals surface area contributed by atoms with Crippen LogP contribution in [0.2, 0.25) is 0 Å². The van der Waals surface area contributed by atoms with Gasteiger partial charge in [-0.2, -0.15) is 0 Å². The zero-order valence-electron chi connectivity index (χ0n) is 15.2. The van der Waals surface area contributed by atoms with Gasteiger partial charge in [0.15, 0.2) is 0 Å². The highest BCUT2D eigenvalue weighted by Gasteiger charge is 2.56. The molecule has 0 heterocycles. The van der Waals surface area contributed by atoms with Gasteiger partial charge in [-0.25, -0.2) is 0 Å². The minimum absolute atomic E-state index is 0.0462. The molecular formula is C22H28O3. The second-order valence-corrected chi connectivity index (χ2v) is 8.78. The summed E-state index contributed by atoms with van der Waals surface area (Å²) in [7, 11) is 0. The number of aliphatic hydroxyl groups excluding tert-OH is 1. The van der Waals surface area contributed by atoms with E-state index < -0.39 is 5.97 Å². The summed E-state index contributed by atoms with van der Waals surface area (Å²) in [5, 5.41) is 18.9. The number of carboxylic acids is 1. The second-order valence-electron chi connectivity index (χ2n) is 8.78. The van der Waals surface area contributed by atoms with Crippen molar-refractivity contribution in [3.8, 4) is 0 Å². The van der Waals surface area contributed by atoms with Crippen molar-refractivity contribution in [3.63, 3.8) is 0 Å². The van der Waals surface area contributed by atoms with Crippen LogP contribution in [-0.4, -0.2) is 16.2 Å². The Kier molecular flexibility index (Phi) is 3.75. The molecule has 4 aliphatic carbocycles. The van der Waals surface area contributed by atoms with E-state index in [0.717, 1.165) is 37.7 Å². The summed E-state index contributed by atoms with van der Waals surface area (Å²) in [4.78, 5) is 11.3. The molecule has 0 amide bonds. The van der Waals surface area contributed by atoms with Crippen molar-refractivity contribution < 1.29 is 15.0 Å². The number of aliphatic carboxylic acids is 1. The molecule has 134 valence electrons. The van der Waals surface area contributed by atoms with Crippen LogP contribution in [0.1, 0.15) is 52.4 Å². The smallest absolute Gasteiger partial charge is 0.307 e. The molecule has 0 saturated heterocycles. The van der Waals surface area contributed by atoms with Gasteiger partial charge in [0.25, 0.3) is 0 Å². The summed E-state index contributed by atoms with van der Waals surface area (Å²) >= 11 is 0. The lowest BCUT2D eigenvalue weighted by Crippen LogP contribution is -2.47. The standard InChI is InChI=1S/C22H28O3/c1-21-11-9-19-16(18(21)7-5-15(21)13-23)6-8-17-14(12-20(24)25)4-3-10-22(17,19)2/h3,6,8,10,13,16,18-19,23H,4-5,7,9,11-12H2,1-2H3,(H,24,25)/b15-13-/t16-,18-,19-,21+,22-/m0/s1. The number of carboxylic acid groups (broad SMARTS) is 1. The monoisotopic (exact) mass is 340 g/mol. The van der Waals surface area contributed by atoms with Crippen LogP contribution in [0.3, 0.4) is 0 Å². The van der Waals surface area contributed by atoms with E-state index in [2.05, 4.69) is 38.2 Å². The predicted molar refractivity (Wildman–Crippen MR) is 98.0 cm³/mol. The molecule has 0 spiro atoms. The Bertz CT molecular complexity index is 726. The number of rotatable bonds is 2. The van der Waals surface area contributed by atoms with E-state index in [9.17, 15) is 15.0 Å². The number of hydrogen-bond acceptors (Lipinski definition) is 2. The molecular weight excluding hydrogens is 312 g/mol. The van der Waals surface area contributed by atoms with E-state index >= 15 is 0 Å². The van der Waals surface area contributed by atoms with Gasteiger partial charge < -0.3 is 10.2 Å². The average molecular weight is 340 g/mol. The Labute approximate surface area is 149 Å². The van der Waals surface area contributed by atoms with E-state index in [4.69, 9.17) is 0 Å². The number of hydrogen-bond donors (Lipinski definition) is 2. The Balaban J connectivity index is 1.76. The van der Waals surface area contributed by atoms with Crippen molar-refractivity contribution in [1.29, 1.82) is 0 Å². The first-order chi connectivity index (χ1) is 11.9. The summed E-state index contributed by atoms with van der Waals surface area (Å²) in [6, 6.07) is 0. The first-order valence-electron chi connectivity index (χ1n) is 9.54. The highest BCUT2D eigenvalue weighted by molar-refractivity contribution is 5.71. The molecule has 0 unspecified atom stereocenters. The van der Waals surface area contributed by atoms with Crippen LogP contribution in [-0.2, 0) is 4.79 Å². The third kappa shape index (κ3) is 2.28. The van der Waals surface area contributed by atoms with Crippen molar-refractivity contribution in [3.05, 3.63) is 47.3 Å². The molecule has 25 heavy (non-hydrogen) atoms. The number of aliphatic hydroxyl groups is 1. The van der Waals surface area contributed by atoms with Gasteiger partial charge in [0.2, 0.25) is 0 Å². The quantitative estimate of drug-likeness (QED) is 0.538. The van der Waals surface area contributed by atoms with E-state index in [1.165, 1.54) is 17.4 Å². The van der Waals surface area contributed by atoms with Crippen LogP contribution in [0.5, 0.6) is 0 Å². The molecule has 0 bridgehead atoms. The molecule has 2 fully saturated rings. The largest absolute Gasteiger partial charge is 0.516 e. The topological polar surface area (TPSA) is 57.5 Å². The van der Waals surface area contributed by atoms with Crippen LogP contribution < -0.4 is 0 Å². The summed E-state index contributed by atoms with van der Waals surface area (Å²) in [6.07, 6.45) is 15.8. The molecule has 0 radical (unpaired) electrons. The zero-order chi connectivity index (χ0) is 17.8. The van der Waals surface area contributed by atoms with E-state index in [0.29, 0.717) is 17.8 Å². The highest BCUT2D eigenvalue weighted by Crippen LogP contribution is 2.64. The average Bonchev–Trinajstić information content (AvgIpc) is 2.90. The molecule has 2 saturated carbocycles. The maximum absolute atomic E-state index is 11.3. The van der Waals surface area contributed by atoms with Crippen LogP contribution in [0.4, 0.5) is 0 Å². The Morgan fingerprint density at radius 3 is 2.84 bits per heavy atom. The molecule has 0 aromatic heterocycles. The summed E-state index contributed by atoms with van der Waals surface area (Å²) in [6.45, 7) is 4.64. The SMILES string of the molecule is C[C@]12C=CCC(CC(=O)O)=C1C=C[C@@H]1[C@@H]2CC[C@]2(C)/C(=C\O)CC[C@@H]12. The van der Waals surface area contributed by atoms with Crippen molar-refractivity contribution in [2.24, 2.45) is 28.6 Å².